The van der Waals surface area contributed by atoms with Crippen LogP contribution in [0.3, 0.4) is 0 Å². The summed E-state index contributed by atoms with van der Waals surface area (Å²) in [5, 5.41) is 14.7. The van der Waals surface area contributed by atoms with Crippen LogP contribution in [0.2, 0.25) is 0 Å². The van der Waals surface area contributed by atoms with Crippen LogP contribution in [0, 0.1) is 0 Å². The number of aliphatic hydroxyl groups is 1. The molecule has 0 atom stereocenters. The minimum Gasteiger partial charge on any atom is -0.494 e. The van der Waals surface area contributed by atoms with Crippen molar-refractivity contribution in [2.45, 2.75) is 44.6 Å². The monoisotopic (exact) mass is 405 g/mol. The predicted molar refractivity (Wildman–Crippen MR) is 118 cm³/mol. The Labute approximate surface area is 175 Å². The second-order valence-electron chi connectivity index (χ2n) is 8.13. The van der Waals surface area contributed by atoms with Crippen molar-refractivity contribution in [2.75, 3.05) is 12.8 Å². The maximum Gasteiger partial charge on any atom is 0.223 e. The predicted octanol–water partition coefficient (Wildman–Crippen LogP) is 4.05. The first-order valence-corrected chi connectivity index (χ1v) is 10.1. The molecule has 7 heteroatoms. The zero-order valence-corrected chi connectivity index (χ0v) is 17.5. The molecule has 0 saturated heterocycles. The molecule has 7 nitrogen and oxygen atoms in total. The molecule has 2 aromatic carbocycles. The number of hydrogen-bond acceptors (Lipinski definition) is 6. The Morgan fingerprint density at radius 2 is 1.87 bits per heavy atom. The van der Waals surface area contributed by atoms with E-state index in [0.717, 1.165) is 16.9 Å². The van der Waals surface area contributed by atoms with E-state index in [2.05, 4.69) is 27.2 Å². The van der Waals surface area contributed by atoms with Gasteiger partial charge in [0, 0.05) is 5.39 Å². The van der Waals surface area contributed by atoms with Crippen LogP contribution >= 0.6 is 0 Å². The van der Waals surface area contributed by atoms with Crippen molar-refractivity contribution in [3.63, 3.8) is 0 Å². The molecular weight excluding hydrogens is 378 g/mol. The van der Waals surface area contributed by atoms with Gasteiger partial charge in [-0.15, -0.1) is 0 Å². The van der Waals surface area contributed by atoms with Crippen molar-refractivity contribution in [3.8, 4) is 5.75 Å². The van der Waals surface area contributed by atoms with Gasteiger partial charge in [-0.05, 0) is 55.9 Å². The van der Waals surface area contributed by atoms with Gasteiger partial charge >= 0.3 is 0 Å². The van der Waals surface area contributed by atoms with E-state index in [1.807, 2.05) is 44.2 Å². The maximum absolute atomic E-state index is 9.79. The zero-order chi connectivity index (χ0) is 21.3. The van der Waals surface area contributed by atoms with E-state index in [0.29, 0.717) is 22.9 Å². The molecular formula is C23H27N5O2. The smallest absolute Gasteiger partial charge is 0.223 e. The van der Waals surface area contributed by atoms with Crippen LogP contribution in [0.1, 0.15) is 50.2 Å². The average molecular weight is 406 g/mol. The number of hydrogen-bond donors (Lipinski definition) is 2. The van der Waals surface area contributed by atoms with Gasteiger partial charge in [-0.1, -0.05) is 36.8 Å². The summed E-state index contributed by atoms with van der Waals surface area (Å²) in [6.45, 7) is 3.65. The van der Waals surface area contributed by atoms with Crippen LogP contribution in [0.25, 0.3) is 16.6 Å². The number of methoxy groups -OCH3 is 1. The van der Waals surface area contributed by atoms with Crippen molar-refractivity contribution in [2.24, 2.45) is 0 Å². The Morgan fingerprint density at radius 1 is 1.13 bits per heavy atom. The van der Waals surface area contributed by atoms with Crippen LogP contribution < -0.4 is 10.5 Å². The standard InChI is InChI=1S/C13H18O.C10H9N5O/c1-13(2,14)12-8-6-11(7-9-12)10-4-3-5-10;1-16-7-4-2-3-6-8(7)14-10(11)15-9(6)12-5-13-15/h6-10,14H,3-5H2,1-2H3;2-5H,1H3,(H2,11,14). The molecule has 1 saturated carbocycles. The summed E-state index contributed by atoms with van der Waals surface area (Å²) in [5.41, 5.74) is 8.89. The number of ether oxygens (including phenoxy) is 1. The number of para-hydroxylation sites is 1. The third kappa shape index (κ3) is 3.80. The van der Waals surface area contributed by atoms with Gasteiger partial charge in [-0.3, -0.25) is 0 Å². The number of nitrogen functional groups attached to an aromatic ring is 1. The number of rotatable bonds is 3. The molecule has 30 heavy (non-hydrogen) atoms. The number of fused-ring (bicyclic) bond motifs is 3. The quantitative estimate of drug-likeness (QED) is 0.533. The lowest BCUT2D eigenvalue weighted by molar-refractivity contribution is 0.0785. The average Bonchev–Trinajstić information content (AvgIpc) is 3.18. The summed E-state index contributed by atoms with van der Waals surface area (Å²) in [6.07, 6.45) is 5.49. The summed E-state index contributed by atoms with van der Waals surface area (Å²) < 4.78 is 6.73. The van der Waals surface area contributed by atoms with Crippen LogP contribution in [-0.2, 0) is 5.60 Å². The molecule has 1 aliphatic rings. The Hall–Kier alpha value is -3.19. The van der Waals surface area contributed by atoms with E-state index in [4.69, 9.17) is 10.5 Å². The van der Waals surface area contributed by atoms with Gasteiger partial charge in [0.15, 0.2) is 5.65 Å². The van der Waals surface area contributed by atoms with Gasteiger partial charge in [0.05, 0.1) is 12.7 Å². The molecule has 0 aliphatic heterocycles. The van der Waals surface area contributed by atoms with E-state index >= 15 is 0 Å². The highest BCUT2D eigenvalue weighted by molar-refractivity contribution is 5.95. The van der Waals surface area contributed by atoms with Crippen molar-refractivity contribution >= 4 is 22.5 Å². The molecule has 1 aliphatic carbocycles. The molecule has 5 rings (SSSR count). The minimum absolute atomic E-state index is 0.296. The fourth-order valence-corrected chi connectivity index (χ4v) is 3.64. The minimum atomic E-state index is -0.710. The molecule has 1 fully saturated rings. The van der Waals surface area contributed by atoms with Crippen LogP contribution in [0.15, 0.2) is 48.8 Å². The van der Waals surface area contributed by atoms with E-state index in [1.165, 1.54) is 35.7 Å². The lowest BCUT2D eigenvalue weighted by Crippen LogP contribution is -2.16. The normalized spacial score (nSPS) is 14.3. The highest BCUT2D eigenvalue weighted by Gasteiger charge is 2.21. The van der Waals surface area contributed by atoms with Gasteiger partial charge in [-0.25, -0.2) is 9.97 Å². The number of nitrogens with two attached hydrogens (primary N) is 1. The molecule has 2 heterocycles. The van der Waals surface area contributed by atoms with E-state index in [1.54, 1.807) is 7.11 Å². The highest BCUT2D eigenvalue weighted by atomic mass is 16.5. The van der Waals surface area contributed by atoms with Gasteiger partial charge < -0.3 is 15.6 Å². The lowest BCUT2D eigenvalue weighted by Gasteiger charge is -2.26. The van der Waals surface area contributed by atoms with Crippen LogP contribution in [0.5, 0.6) is 5.75 Å². The SMILES string of the molecule is CC(C)(O)c1ccc(C2CCC2)cc1.COc1cccc2c1nc(N)n1ncnc21. The summed E-state index contributed by atoms with van der Waals surface area (Å²) in [7, 11) is 1.60. The summed E-state index contributed by atoms with van der Waals surface area (Å²) in [4.78, 5) is 8.42. The van der Waals surface area contributed by atoms with Crippen LogP contribution in [-0.4, -0.2) is 31.8 Å². The fraction of sp³-hybridized carbons (Fsp3) is 0.348. The Balaban J connectivity index is 0.000000147. The van der Waals surface area contributed by atoms with Gasteiger partial charge in [-0.2, -0.15) is 9.61 Å². The van der Waals surface area contributed by atoms with E-state index in [-0.39, 0.29) is 0 Å². The Kier molecular flexibility index (Phi) is 5.30. The Bertz CT molecular complexity index is 1160. The van der Waals surface area contributed by atoms with Crippen LogP contribution in [0.4, 0.5) is 5.95 Å². The van der Waals surface area contributed by atoms with Gasteiger partial charge in [0.1, 0.15) is 17.6 Å². The molecule has 4 aromatic rings. The van der Waals surface area contributed by atoms with E-state index < -0.39 is 5.60 Å². The molecule has 2 aromatic heterocycles. The van der Waals surface area contributed by atoms with Gasteiger partial charge in [0.2, 0.25) is 5.95 Å². The fourth-order valence-electron chi connectivity index (χ4n) is 3.64. The number of aromatic nitrogens is 4. The highest BCUT2D eigenvalue weighted by Crippen LogP contribution is 2.36. The largest absolute Gasteiger partial charge is 0.494 e. The summed E-state index contributed by atoms with van der Waals surface area (Å²) in [6, 6.07) is 14.1. The number of anilines is 1. The van der Waals surface area contributed by atoms with E-state index in [9.17, 15) is 5.11 Å². The molecule has 0 radical (unpaired) electrons. The second kappa shape index (κ2) is 7.91. The molecule has 0 unspecified atom stereocenters. The number of nitrogens with zero attached hydrogens (tertiary/aromatic N) is 4. The first kappa shape index (κ1) is 20.1. The molecule has 0 spiro atoms. The zero-order valence-electron chi connectivity index (χ0n) is 17.5. The summed E-state index contributed by atoms with van der Waals surface area (Å²) in [5.74, 6) is 1.75. The van der Waals surface area contributed by atoms with Crippen molar-refractivity contribution in [1.82, 2.24) is 19.6 Å². The number of benzene rings is 2. The molecule has 0 bridgehead atoms. The summed E-state index contributed by atoms with van der Waals surface area (Å²) >= 11 is 0. The second-order valence-corrected chi connectivity index (χ2v) is 8.13. The lowest BCUT2D eigenvalue weighted by atomic mass is 9.79. The first-order valence-electron chi connectivity index (χ1n) is 10.1. The Morgan fingerprint density at radius 3 is 2.47 bits per heavy atom. The third-order valence-electron chi connectivity index (χ3n) is 5.64. The van der Waals surface area contributed by atoms with Crippen molar-refractivity contribution in [3.05, 3.63) is 59.9 Å². The first-order chi connectivity index (χ1) is 14.4. The van der Waals surface area contributed by atoms with Crippen molar-refractivity contribution in [1.29, 1.82) is 0 Å². The topological polar surface area (TPSA) is 98.6 Å². The molecule has 0 amide bonds. The molecule has 156 valence electrons. The third-order valence-corrected chi connectivity index (χ3v) is 5.64. The maximum atomic E-state index is 9.79. The molecule has 3 N–H and O–H groups in total. The van der Waals surface area contributed by atoms with Crippen molar-refractivity contribution < 1.29 is 9.84 Å². The van der Waals surface area contributed by atoms with Gasteiger partial charge in [0.25, 0.3) is 0 Å².